The molecule has 5 nitrogen and oxygen atoms in total. The number of hydrogen-bond acceptors (Lipinski definition) is 3. The van der Waals surface area contributed by atoms with Gasteiger partial charge in [-0.05, 0) is 43.3 Å². The lowest BCUT2D eigenvalue weighted by molar-refractivity contribution is -0.129. The second-order valence-electron chi connectivity index (χ2n) is 7.96. The Hall–Kier alpha value is -2.14. The molecule has 2 aliphatic rings. The summed E-state index contributed by atoms with van der Waals surface area (Å²) in [6, 6.07) is 10.3. The van der Waals surface area contributed by atoms with Crippen LogP contribution < -0.4 is 5.56 Å². The van der Waals surface area contributed by atoms with Crippen molar-refractivity contribution in [1.82, 2.24) is 14.8 Å². The Morgan fingerprint density at radius 1 is 1.19 bits per heavy atom. The Morgan fingerprint density at radius 2 is 1.96 bits per heavy atom. The Bertz CT molecular complexity index is 854. The van der Waals surface area contributed by atoms with Crippen molar-refractivity contribution < 1.29 is 4.79 Å². The van der Waals surface area contributed by atoms with Crippen LogP contribution in [0.25, 0.3) is 10.9 Å². The zero-order valence-electron chi connectivity index (χ0n) is 15.4. The Balaban J connectivity index is 1.40. The second kappa shape index (κ2) is 7.23. The lowest BCUT2D eigenvalue weighted by atomic mass is 10.1. The van der Waals surface area contributed by atoms with E-state index in [0.717, 1.165) is 29.6 Å². The van der Waals surface area contributed by atoms with Gasteiger partial charge >= 0.3 is 0 Å². The predicted octanol–water partition coefficient (Wildman–Crippen LogP) is 2.75. The molecule has 26 heavy (non-hydrogen) atoms. The van der Waals surface area contributed by atoms with Gasteiger partial charge in [0.05, 0.1) is 0 Å². The monoisotopic (exact) mass is 353 g/mol. The Morgan fingerprint density at radius 3 is 2.77 bits per heavy atom. The molecule has 2 aromatic rings. The summed E-state index contributed by atoms with van der Waals surface area (Å²) < 4.78 is 0. The summed E-state index contributed by atoms with van der Waals surface area (Å²) in [5.41, 5.74) is 1.63. The van der Waals surface area contributed by atoms with E-state index in [9.17, 15) is 9.59 Å². The number of aromatic amines is 1. The molecular formula is C21H27N3O2. The maximum absolute atomic E-state index is 12.4. The lowest BCUT2D eigenvalue weighted by Gasteiger charge is -2.25. The van der Waals surface area contributed by atoms with Crippen molar-refractivity contribution >= 4 is 16.8 Å². The number of H-pyrrole nitrogens is 1. The molecule has 138 valence electrons. The number of nitrogens with zero attached hydrogens (tertiary/aromatic N) is 2. The molecule has 1 saturated heterocycles. The zero-order valence-corrected chi connectivity index (χ0v) is 15.4. The van der Waals surface area contributed by atoms with Gasteiger partial charge in [-0.1, -0.05) is 31.0 Å². The summed E-state index contributed by atoms with van der Waals surface area (Å²) in [6.07, 6.45) is 5.49. The van der Waals surface area contributed by atoms with Crippen molar-refractivity contribution in [3.8, 4) is 0 Å². The van der Waals surface area contributed by atoms with Crippen molar-refractivity contribution in [3.63, 3.8) is 0 Å². The summed E-state index contributed by atoms with van der Waals surface area (Å²) in [7, 11) is 2.04. The molecule has 5 heteroatoms. The van der Waals surface area contributed by atoms with E-state index >= 15 is 0 Å². The minimum atomic E-state index is -0.0226. The molecule has 1 amide bonds. The molecule has 1 aliphatic heterocycles. The zero-order chi connectivity index (χ0) is 18.1. The molecule has 2 heterocycles. The molecule has 0 bridgehead atoms. The highest BCUT2D eigenvalue weighted by molar-refractivity contribution is 5.79. The van der Waals surface area contributed by atoms with E-state index in [-0.39, 0.29) is 5.56 Å². The third-order valence-electron chi connectivity index (χ3n) is 5.84. The van der Waals surface area contributed by atoms with Crippen LogP contribution in [0.1, 0.15) is 37.7 Å². The van der Waals surface area contributed by atoms with Gasteiger partial charge in [0.15, 0.2) is 0 Å². The number of hydrogen-bond donors (Lipinski definition) is 1. The normalized spacial score (nSPS) is 21.4. The number of likely N-dealkylation sites (tertiary alicyclic amines) is 1. The first-order valence-electron chi connectivity index (χ1n) is 9.69. The van der Waals surface area contributed by atoms with Crippen molar-refractivity contribution in [3.05, 3.63) is 46.2 Å². The molecule has 1 aromatic carbocycles. The van der Waals surface area contributed by atoms with Gasteiger partial charge in [0.25, 0.3) is 5.56 Å². The van der Waals surface area contributed by atoms with Gasteiger partial charge in [-0.15, -0.1) is 0 Å². The van der Waals surface area contributed by atoms with Crippen molar-refractivity contribution in [1.29, 1.82) is 0 Å². The maximum atomic E-state index is 12.4. The van der Waals surface area contributed by atoms with Crippen molar-refractivity contribution in [2.24, 2.45) is 5.92 Å². The summed E-state index contributed by atoms with van der Waals surface area (Å²) in [5, 5.41) is 1.05. The molecule has 1 atom stereocenters. The summed E-state index contributed by atoms with van der Waals surface area (Å²) in [4.78, 5) is 32.0. The molecule has 1 aliphatic carbocycles. The van der Waals surface area contributed by atoms with Crippen LogP contribution in [-0.2, 0) is 11.3 Å². The Kier molecular flexibility index (Phi) is 4.81. The van der Waals surface area contributed by atoms with E-state index in [2.05, 4.69) is 14.8 Å². The van der Waals surface area contributed by atoms with Gasteiger partial charge in [-0.25, -0.2) is 0 Å². The maximum Gasteiger partial charge on any atom is 0.252 e. The van der Waals surface area contributed by atoms with Crippen LogP contribution in [0.2, 0.25) is 0 Å². The number of aromatic nitrogens is 1. The molecule has 4 rings (SSSR count). The smallest absolute Gasteiger partial charge is 0.252 e. The number of para-hydroxylation sites is 1. The molecule has 2 fully saturated rings. The molecule has 1 unspecified atom stereocenters. The first kappa shape index (κ1) is 17.3. The predicted molar refractivity (Wildman–Crippen MR) is 103 cm³/mol. The highest BCUT2D eigenvalue weighted by Gasteiger charge is 2.35. The lowest BCUT2D eigenvalue weighted by Crippen LogP contribution is -2.35. The van der Waals surface area contributed by atoms with Crippen molar-refractivity contribution in [2.45, 2.75) is 44.7 Å². The average molecular weight is 353 g/mol. The SMILES string of the molecule is CN(Cc1cc2ccccc2[nH]c1=O)CC1CC(=O)N(C2CCCC2)C1. The fraction of sp³-hybridized carbons (Fsp3) is 0.524. The number of benzene rings is 1. The number of carbonyl (C=O) groups is 1. The highest BCUT2D eigenvalue weighted by Crippen LogP contribution is 2.29. The van der Waals surface area contributed by atoms with Crippen LogP contribution >= 0.6 is 0 Å². The molecular weight excluding hydrogens is 326 g/mol. The molecule has 1 N–H and O–H groups in total. The van der Waals surface area contributed by atoms with Crippen LogP contribution in [0.3, 0.4) is 0 Å². The van der Waals surface area contributed by atoms with E-state index < -0.39 is 0 Å². The van der Waals surface area contributed by atoms with E-state index in [0.29, 0.717) is 30.8 Å². The summed E-state index contributed by atoms with van der Waals surface area (Å²) in [5.74, 6) is 0.687. The quantitative estimate of drug-likeness (QED) is 0.899. The number of pyridine rings is 1. The molecule has 0 radical (unpaired) electrons. The van der Waals surface area contributed by atoms with Gasteiger partial charge < -0.3 is 14.8 Å². The first-order chi connectivity index (χ1) is 12.6. The van der Waals surface area contributed by atoms with Gasteiger partial charge in [-0.3, -0.25) is 9.59 Å². The highest BCUT2D eigenvalue weighted by atomic mass is 16.2. The van der Waals surface area contributed by atoms with Gasteiger partial charge in [-0.2, -0.15) is 0 Å². The minimum Gasteiger partial charge on any atom is -0.339 e. The van der Waals surface area contributed by atoms with Crippen molar-refractivity contribution in [2.75, 3.05) is 20.1 Å². The van der Waals surface area contributed by atoms with Gasteiger partial charge in [0, 0.05) is 43.2 Å². The first-order valence-corrected chi connectivity index (χ1v) is 9.69. The molecule has 1 aromatic heterocycles. The number of rotatable bonds is 5. The van der Waals surface area contributed by atoms with E-state index in [4.69, 9.17) is 0 Å². The third-order valence-corrected chi connectivity index (χ3v) is 5.84. The standard InChI is InChI=1S/C21H27N3O2/c1-23(12-15-10-20(25)24(13-15)18-7-3-4-8-18)14-17-11-16-6-2-5-9-19(16)22-21(17)26/h2,5-6,9,11,15,18H,3-4,7-8,10,12-14H2,1H3,(H,22,26). The number of amides is 1. The van der Waals surface area contributed by atoms with E-state index in [1.54, 1.807) is 0 Å². The largest absolute Gasteiger partial charge is 0.339 e. The van der Waals surface area contributed by atoms with Crippen LogP contribution in [0.15, 0.2) is 35.1 Å². The van der Waals surface area contributed by atoms with Gasteiger partial charge in [0.2, 0.25) is 5.91 Å². The van der Waals surface area contributed by atoms with Gasteiger partial charge in [0.1, 0.15) is 0 Å². The summed E-state index contributed by atoms with van der Waals surface area (Å²) >= 11 is 0. The van der Waals surface area contributed by atoms with Crippen LogP contribution in [0.4, 0.5) is 0 Å². The Labute approximate surface area is 154 Å². The minimum absolute atomic E-state index is 0.0226. The fourth-order valence-corrected chi connectivity index (χ4v) is 4.61. The van der Waals surface area contributed by atoms with Crippen LogP contribution in [0.5, 0.6) is 0 Å². The average Bonchev–Trinajstić information content (AvgIpc) is 3.25. The fourth-order valence-electron chi connectivity index (χ4n) is 4.61. The molecule has 1 saturated carbocycles. The van der Waals surface area contributed by atoms with Crippen LogP contribution in [-0.4, -0.2) is 46.9 Å². The number of fused-ring (bicyclic) bond motifs is 1. The topological polar surface area (TPSA) is 56.4 Å². The molecule has 0 spiro atoms. The van der Waals surface area contributed by atoms with E-state index in [1.165, 1.54) is 25.7 Å². The second-order valence-corrected chi connectivity index (χ2v) is 7.96. The third kappa shape index (κ3) is 3.54. The summed E-state index contributed by atoms with van der Waals surface area (Å²) in [6.45, 7) is 2.33. The van der Waals surface area contributed by atoms with E-state index in [1.807, 2.05) is 37.4 Å². The van der Waals surface area contributed by atoms with Crippen LogP contribution in [0, 0.1) is 5.92 Å². The number of nitrogens with one attached hydrogen (secondary N) is 1. The number of carbonyl (C=O) groups excluding carboxylic acids is 1.